The first kappa shape index (κ1) is 12.2. The molecular formula is C10H17F2NO2. The molecule has 1 aliphatic heterocycles. The van der Waals surface area contributed by atoms with Crippen molar-refractivity contribution < 1.29 is 18.3 Å². The third kappa shape index (κ3) is 3.32. The minimum absolute atomic E-state index is 0.0818. The Hall–Kier alpha value is -0.870. The van der Waals surface area contributed by atoms with E-state index in [1.54, 1.807) is 20.8 Å². The van der Waals surface area contributed by atoms with Gasteiger partial charge in [0.2, 0.25) is 0 Å². The molecule has 1 rings (SSSR count). The third-order valence-electron chi connectivity index (χ3n) is 2.25. The van der Waals surface area contributed by atoms with Crippen LogP contribution in [0.4, 0.5) is 13.6 Å². The lowest BCUT2D eigenvalue weighted by atomic mass is 9.94. The Labute approximate surface area is 88.4 Å². The lowest BCUT2D eigenvalue weighted by Gasteiger charge is -2.42. The standard InChI is InChI=1S/C10H17F2NO2/c1-9(2,3)15-8(14)13-5-7(6-13)10(4,11)12/h7H,5-6H2,1-4H3. The maximum atomic E-state index is 12.8. The van der Waals surface area contributed by atoms with E-state index in [-0.39, 0.29) is 13.1 Å². The summed E-state index contributed by atoms with van der Waals surface area (Å²) in [5.74, 6) is -3.44. The number of ether oxygens (including phenoxy) is 1. The Morgan fingerprint density at radius 1 is 1.27 bits per heavy atom. The normalized spacial score (nSPS) is 18.7. The van der Waals surface area contributed by atoms with Crippen LogP contribution >= 0.6 is 0 Å². The van der Waals surface area contributed by atoms with Gasteiger partial charge in [0.05, 0.1) is 5.92 Å². The van der Waals surface area contributed by atoms with Gasteiger partial charge in [0, 0.05) is 13.1 Å². The maximum absolute atomic E-state index is 12.8. The Morgan fingerprint density at radius 2 is 1.73 bits per heavy atom. The van der Waals surface area contributed by atoms with Gasteiger partial charge in [-0.25, -0.2) is 13.6 Å². The molecule has 15 heavy (non-hydrogen) atoms. The van der Waals surface area contributed by atoms with Crippen LogP contribution in [-0.4, -0.2) is 35.6 Å². The molecule has 0 atom stereocenters. The quantitative estimate of drug-likeness (QED) is 0.681. The highest BCUT2D eigenvalue weighted by Crippen LogP contribution is 2.32. The highest BCUT2D eigenvalue weighted by atomic mass is 19.3. The second kappa shape index (κ2) is 3.61. The average Bonchev–Trinajstić information content (AvgIpc) is 1.72. The van der Waals surface area contributed by atoms with E-state index in [4.69, 9.17) is 4.74 Å². The van der Waals surface area contributed by atoms with Crippen LogP contribution in [0.3, 0.4) is 0 Å². The first-order chi connectivity index (χ1) is 6.59. The predicted octanol–water partition coefficient (Wildman–Crippen LogP) is 2.51. The molecule has 0 unspecified atom stereocenters. The summed E-state index contributed by atoms with van der Waals surface area (Å²) in [6.07, 6.45) is -0.511. The fraction of sp³-hybridized carbons (Fsp3) is 0.900. The molecule has 3 nitrogen and oxygen atoms in total. The van der Waals surface area contributed by atoms with Gasteiger partial charge in [0.15, 0.2) is 0 Å². The highest BCUT2D eigenvalue weighted by molar-refractivity contribution is 5.69. The number of halogens is 2. The van der Waals surface area contributed by atoms with Crippen molar-refractivity contribution in [1.82, 2.24) is 4.90 Å². The van der Waals surface area contributed by atoms with Crippen LogP contribution in [0.5, 0.6) is 0 Å². The zero-order valence-electron chi connectivity index (χ0n) is 9.51. The SMILES string of the molecule is CC(C)(C)OC(=O)N1CC(C(C)(F)F)C1. The molecule has 88 valence electrons. The van der Waals surface area contributed by atoms with E-state index in [9.17, 15) is 13.6 Å². The zero-order valence-corrected chi connectivity index (χ0v) is 9.51. The summed E-state index contributed by atoms with van der Waals surface area (Å²) in [6, 6.07) is 0. The molecule has 1 heterocycles. The van der Waals surface area contributed by atoms with Gasteiger partial charge in [0.25, 0.3) is 5.92 Å². The van der Waals surface area contributed by atoms with Crippen LogP contribution in [0, 0.1) is 5.92 Å². The van der Waals surface area contributed by atoms with E-state index >= 15 is 0 Å². The third-order valence-corrected chi connectivity index (χ3v) is 2.25. The van der Waals surface area contributed by atoms with Crippen molar-refractivity contribution in [2.24, 2.45) is 5.92 Å². The van der Waals surface area contributed by atoms with Crippen LogP contribution in [0.25, 0.3) is 0 Å². The van der Waals surface area contributed by atoms with Gasteiger partial charge < -0.3 is 9.64 Å². The molecule has 1 aliphatic rings. The predicted molar refractivity (Wildman–Crippen MR) is 51.9 cm³/mol. The molecule has 5 heteroatoms. The molecule has 0 N–H and O–H groups in total. The number of carbonyl (C=O) groups excluding carboxylic acids is 1. The summed E-state index contributed by atoms with van der Waals surface area (Å²) < 4.78 is 30.6. The number of alkyl halides is 2. The summed E-state index contributed by atoms with van der Waals surface area (Å²) in [4.78, 5) is 12.7. The zero-order chi connectivity index (χ0) is 11.9. The number of nitrogens with zero attached hydrogens (tertiary/aromatic N) is 1. The van der Waals surface area contributed by atoms with Gasteiger partial charge in [-0.1, -0.05) is 0 Å². The van der Waals surface area contributed by atoms with Gasteiger partial charge in [-0.2, -0.15) is 0 Å². The minimum Gasteiger partial charge on any atom is -0.444 e. The number of hydrogen-bond acceptors (Lipinski definition) is 2. The van der Waals surface area contributed by atoms with Crippen molar-refractivity contribution in [2.45, 2.75) is 39.2 Å². The maximum Gasteiger partial charge on any atom is 0.410 e. The van der Waals surface area contributed by atoms with Crippen LogP contribution in [0.15, 0.2) is 0 Å². The van der Waals surface area contributed by atoms with E-state index in [2.05, 4.69) is 0 Å². The molecule has 0 aromatic heterocycles. The molecule has 0 spiro atoms. The van der Waals surface area contributed by atoms with Gasteiger partial charge in [-0.05, 0) is 27.7 Å². The van der Waals surface area contributed by atoms with Crippen molar-refractivity contribution in [3.8, 4) is 0 Å². The van der Waals surface area contributed by atoms with Crippen molar-refractivity contribution in [1.29, 1.82) is 0 Å². The van der Waals surface area contributed by atoms with Crippen LogP contribution in [0.1, 0.15) is 27.7 Å². The van der Waals surface area contributed by atoms with Crippen molar-refractivity contribution >= 4 is 6.09 Å². The topological polar surface area (TPSA) is 29.5 Å². The summed E-state index contributed by atoms with van der Waals surface area (Å²) >= 11 is 0. The lowest BCUT2D eigenvalue weighted by Crippen LogP contribution is -2.56. The fourth-order valence-electron chi connectivity index (χ4n) is 1.27. The largest absolute Gasteiger partial charge is 0.444 e. The monoisotopic (exact) mass is 221 g/mol. The molecule has 0 saturated carbocycles. The van der Waals surface area contributed by atoms with Gasteiger partial charge >= 0.3 is 6.09 Å². The number of likely N-dealkylation sites (tertiary alicyclic amines) is 1. The Bertz CT molecular complexity index is 249. The smallest absolute Gasteiger partial charge is 0.410 e. The Kier molecular flexibility index (Phi) is 2.94. The summed E-state index contributed by atoms with van der Waals surface area (Å²) in [5.41, 5.74) is -0.573. The number of carbonyl (C=O) groups is 1. The first-order valence-corrected chi connectivity index (χ1v) is 4.95. The molecule has 0 aromatic carbocycles. The van der Waals surface area contributed by atoms with E-state index in [0.717, 1.165) is 6.92 Å². The van der Waals surface area contributed by atoms with E-state index in [1.165, 1.54) is 4.90 Å². The number of amides is 1. The van der Waals surface area contributed by atoms with Gasteiger partial charge in [-0.3, -0.25) is 0 Å². The van der Waals surface area contributed by atoms with E-state index in [0.29, 0.717) is 0 Å². The van der Waals surface area contributed by atoms with Crippen LogP contribution < -0.4 is 0 Å². The second-order valence-corrected chi connectivity index (χ2v) is 5.04. The first-order valence-electron chi connectivity index (χ1n) is 4.95. The van der Waals surface area contributed by atoms with E-state index in [1.807, 2.05) is 0 Å². The van der Waals surface area contributed by atoms with Crippen molar-refractivity contribution in [3.05, 3.63) is 0 Å². The molecular weight excluding hydrogens is 204 g/mol. The van der Waals surface area contributed by atoms with Crippen molar-refractivity contribution in [3.63, 3.8) is 0 Å². The Morgan fingerprint density at radius 3 is 2.07 bits per heavy atom. The van der Waals surface area contributed by atoms with Crippen molar-refractivity contribution in [2.75, 3.05) is 13.1 Å². The molecule has 0 bridgehead atoms. The molecule has 1 saturated heterocycles. The summed E-state index contributed by atoms with van der Waals surface area (Å²) in [5, 5.41) is 0. The van der Waals surface area contributed by atoms with Crippen LogP contribution in [-0.2, 0) is 4.74 Å². The lowest BCUT2D eigenvalue weighted by molar-refractivity contribution is -0.102. The average molecular weight is 221 g/mol. The molecule has 1 amide bonds. The minimum atomic E-state index is -2.71. The summed E-state index contributed by atoms with van der Waals surface area (Å²) in [7, 11) is 0. The van der Waals surface area contributed by atoms with Gasteiger partial charge in [-0.15, -0.1) is 0 Å². The van der Waals surface area contributed by atoms with Crippen LogP contribution in [0.2, 0.25) is 0 Å². The highest BCUT2D eigenvalue weighted by Gasteiger charge is 2.45. The molecule has 0 radical (unpaired) electrons. The number of rotatable bonds is 1. The van der Waals surface area contributed by atoms with E-state index < -0.39 is 23.5 Å². The molecule has 1 fully saturated rings. The molecule has 0 aliphatic carbocycles. The summed E-state index contributed by atoms with van der Waals surface area (Å²) in [6.45, 7) is 6.28. The second-order valence-electron chi connectivity index (χ2n) is 5.04. The van der Waals surface area contributed by atoms with Gasteiger partial charge in [0.1, 0.15) is 5.60 Å². The number of hydrogen-bond donors (Lipinski definition) is 0. The fourth-order valence-corrected chi connectivity index (χ4v) is 1.27. The Balaban J connectivity index is 2.37. The molecule has 0 aromatic rings.